The summed E-state index contributed by atoms with van der Waals surface area (Å²) in [6.07, 6.45) is 1.40. The maximum atomic E-state index is 11.6. The van der Waals surface area contributed by atoms with Crippen LogP contribution < -0.4 is 10.6 Å². The minimum Gasteiger partial charge on any atom is -0.505 e. The molecule has 0 bridgehead atoms. The summed E-state index contributed by atoms with van der Waals surface area (Å²) in [6.45, 7) is 4.38. The number of pyridine rings is 1. The molecule has 1 aromatic heterocycles. The Morgan fingerprint density at radius 3 is 2.72 bits per heavy atom. The topological polar surface area (TPSA) is 91.3 Å². The van der Waals surface area contributed by atoms with E-state index in [1.165, 1.54) is 18.3 Å². The van der Waals surface area contributed by atoms with E-state index >= 15 is 0 Å². The van der Waals surface area contributed by atoms with Crippen LogP contribution in [0.25, 0.3) is 0 Å². The fourth-order valence-corrected chi connectivity index (χ4v) is 1.20. The molecule has 0 aromatic carbocycles. The third-order valence-corrected chi connectivity index (χ3v) is 2.12. The molecular formula is C12H17N3O3. The third kappa shape index (κ3) is 4.40. The van der Waals surface area contributed by atoms with Gasteiger partial charge in [-0.05, 0) is 18.1 Å². The molecule has 1 aromatic rings. The lowest BCUT2D eigenvalue weighted by molar-refractivity contribution is -0.120. The van der Waals surface area contributed by atoms with Crippen molar-refractivity contribution in [1.29, 1.82) is 0 Å². The lowest BCUT2D eigenvalue weighted by atomic mass is 10.2. The molecule has 0 aliphatic heterocycles. The van der Waals surface area contributed by atoms with E-state index in [9.17, 15) is 14.7 Å². The molecule has 1 rings (SSSR count). The van der Waals surface area contributed by atoms with Gasteiger partial charge in [0, 0.05) is 12.7 Å². The standard InChI is InChI=1S/C12H17N3O3/c1-8(2)6-14-10(17)7-15-12(18)11-9(16)4-3-5-13-11/h3-5,8,16H,6-7H2,1-2H3,(H,14,17)(H,15,18). The van der Waals surface area contributed by atoms with Gasteiger partial charge >= 0.3 is 0 Å². The van der Waals surface area contributed by atoms with E-state index in [1.54, 1.807) is 0 Å². The highest BCUT2D eigenvalue weighted by Crippen LogP contribution is 2.11. The number of aromatic hydroxyl groups is 1. The van der Waals surface area contributed by atoms with Gasteiger partial charge in [-0.3, -0.25) is 9.59 Å². The number of carbonyl (C=O) groups excluding carboxylic acids is 2. The second kappa shape index (κ2) is 6.58. The number of nitrogens with one attached hydrogen (secondary N) is 2. The van der Waals surface area contributed by atoms with Gasteiger partial charge in [0.05, 0.1) is 6.54 Å². The van der Waals surface area contributed by atoms with E-state index in [4.69, 9.17) is 0 Å². The molecule has 18 heavy (non-hydrogen) atoms. The maximum absolute atomic E-state index is 11.6. The van der Waals surface area contributed by atoms with Gasteiger partial charge in [0.25, 0.3) is 5.91 Å². The Morgan fingerprint density at radius 1 is 1.39 bits per heavy atom. The predicted molar refractivity (Wildman–Crippen MR) is 66.1 cm³/mol. The highest BCUT2D eigenvalue weighted by molar-refractivity contribution is 5.96. The van der Waals surface area contributed by atoms with Crippen molar-refractivity contribution in [3.63, 3.8) is 0 Å². The Labute approximate surface area is 105 Å². The van der Waals surface area contributed by atoms with Gasteiger partial charge in [0.1, 0.15) is 5.75 Å². The van der Waals surface area contributed by atoms with Crippen molar-refractivity contribution >= 4 is 11.8 Å². The van der Waals surface area contributed by atoms with Crippen LogP contribution in [0.3, 0.4) is 0 Å². The van der Waals surface area contributed by atoms with E-state index in [-0.39, 0.29) is 23.9 Å². The average molecular weight is 251 g/mol. The van der Waals surface area contributed by atoms with Gasteiger partial charge in [-0.25, -0.2) is 4.98 Å². The Kier molecular flexibility index (Phi) is 5.10. The Balaban J connectivity index is 2.42. The van der Waals surface area contributed by atoms with Gasteiger partial charge in [0.15, 0.2) is 5.69 Å². The van der Waals surface area contributed by atoms with Gasteiger partial charge in [-0.1, -0.05) is 13.8 Å². The molecule has 0 aliphatic carbocycles. The van der Waals surface area contributed by atoms with E-state index in [1.807, 2.05) is 13.8 Å². The van der Waals surface area contributed by atoms with Crippen molar-refractivity contribution in [2.24, 2.45) is 5.92 Å². The van der Waals surface area contributed by atoms with Gasteiger partial charge in [0.2, 0.25) is 5.91 Å². The predicted octanol–water partition coefficient (Wildman–Crippen LogP) is 0.289. The number of rotatable bonds is 5. The van der Waals surface area contributed by atoms with E-state index < -0.39 is 5.91 Å². The highest BCUT2D eigenvalue weighted by atomic mass is 16.3. The van der Waals surface area contributed by atoms with Crippen LogP contribution in [-0.4, -0.2) is 35.0 Å². The summed E-state index contributed by atoms with van der Waals surface area (Å²) in [5.41, 5.74) is -0.0887. The second-order valence-corrected chi connectivity index (χ2v) is 4.25. The Hall–Kier alpha value is -2.11. The summed E-state index contributed by atoms with van der Waals surface area (Å²) >= 11 is 0. The van der Waals surface area contributed by atoms with Crippen LogP contribution in [-0.2, 0) is 4.79 Å². The molecule has 3 N–H and O–H groups in total. The molecule has 0 spiro atoms. The zero-order chi connectivity index (χ0) is 13.5. The van der Waals surface area contributed by atoms with Crippen LogP contribution in [0.15, 0.2) is 18.3 Å². The molecular weight excluding hydrogens is 234 g/mol. The van der Waals surface area contributed by atoms with Crippen molar-refractivity contribution in [2.45, 2.75) is 13.8 Å². The van der Waals surface area contributed by atoms with Crippen molar-refractivity contribution in [2.75, 3.05) is 13.1 Å². The van der Waals surface area contributed by atoms with Gasteiger partial charge < -0.3 is 15.7 Å². The lowest BCUT2D eigenvalue weighted by Gasteiger charge is -2.08. The fraction of sp³-hybridized carbons (Fsp3) is 0.417. The minimum absolute atomic E-state index is 0.0887. The molecule has 0 aliphatic rings. The Morgan fingerprint density at radius 2 is 2.11 bits per heavy atom. The molecule has 0 atom stereocenters. The minimum atomic E-state index is -0.576. The summed E-state index contributed by atoms with van der Waals surface area (Å²) in [7, 11) is 0. The van der Waals surface area contributed by atoms with Crippen LogP contribution >= 0.6 is 0 Å². The fourth-order valence-electron chi connectivity index (χ4n) is 1.20. The van der Waals surface area contributed by atoms with E-state index in [0.29, 0.717) is 12.5 Å². The van der Waals surface area contributed by atoms with Crippen LogP contribution in [0.4, 0.5) is 0 Å². The monoisotopic (exact) mass is 251 g/mol. The quantitative estimate of drug-likeness (QED) is 0.701. The summed E-state index contributed by atoms with van der Waals surface area (Å²) in [5, 5.41) is 14.5. The molecule has 0 unspecified atom stereocenters. The number of aromatic nitrogens is 1. The van der Waals surface area contributed by atoms with E-state index in [0.717, 1.165) is 0 Å². The summed E-state index contributed by atoms with van der Waals surface area (Å²) in [5.74, 6) is -0.706. The first kappa shape index (κ1) is 14.0. The lowest BCUT2D eigenvalue weighted by Crippen LogP contribution is -2.38. The normalized spacial score (nSPS) is 10.2. The third-order valence-electron chi connectivity index (χ3n) is 2.12. The largest absolute Gasteiger partial charge is 0.505 e. The zero-order valence-corrected chi connectivity index (χ0v) is 10.4. The smallest absolute Gasteiger partial charge is 0.274 e. The Bertz CT molecular complexity index is 432. The van der Waals surface area contributed by atoms with Crippen LogP contribution in [0, 0.1) is 5.92 Å². The first-order valence-corrected chi connectivity index (χ1v) is 5.69. The van der Waals surface area contributed by atoms with Gasteiger partial charge in [-0.15, -0.1) is 0 Å². The van der Waals surface area contributed by atoms with Crippen LogP contribution in [0.1, 0.15) is 24.3 Å². The van der Waals surface area contributed by atoms with Crippen molar-refractivity contribution < 1.29 is 14.7 Å². The molecule has 0 radical (unpaired) electrons. The van der Waals surface area contributed by atoms with Crippen molar-refractivity contribution in [3.8, 4) is 5.75 Å². The molecule has 2 amide bonds. The number of nitrogens with zero attached hydrogens (tertiary/aromatic N) is 1. The molecule has 6 nitrogen and oxygen atoms in total. The molecule has 0 fully saturated rings. The van der Waals surface area contributed by atoms with Crippen molar-refractivity contribution in [1.82, 2.24) is 15.6 Å². The summed E-state index contributed by atoms with van der Waals surface area (Å²) in [6, 6.07) is 2.88. The van der Waals surface area contributed by atoms with Gasteiger partial charge in [-0.2, -0.15) is 0 Å². The number of carbonyl (C=O) groups is 2. The number of amides is 2. The molecule has 6 heteroatoms. The van der Waals surface area contributed by atoms with Crippen LogP contribution in [0.2, 0.25) is 0 Å². The zero-order valence-electron chi connectivity index (χ0n) is 10.4. The molecule has 1 heterocycles. The molecule has 0 saturated heterocycles. The number of hydrogen-bond acceptors (Lipinski definition) is 4. The van der Waals surface area contributed by atoms with E-state index in [2.05, 4.69) is 15.6 Å². The first-order chi connectivity index (χ1) is 8.50. The van der Waals surface area contributed by atoms with Crippen molar-refractivity contribution in [3.05, 3.63) is 24.0 Å². The molecule has 98 valence electrons. The number of hydrogen-bond donors (Lipinski definition) is 3. The highest BCUT2D eigenvalue weighted by Gasteiger charge is 2.12. The maximum Gasteiger partial charge on any atom is 0.274 e. The first-order valence-electron chi connectivity index (χ1n) is 5.69. The summed E-state index contributed by atoms with van der Waals surface area (Å²) < 4.78 is 0. The second-order valence-electron chi connectivity index (χ2n) is 4.25. The molecule has 0 saturated carbocycles. The SMILES string of the molecule is CC(C)CNC(=O)CNC(=O)c1ncccc1O. The average Bonchev–Trinajstić information content (AvgIpc) is 2.34. The van der Waals surface area contributed by atoms with Crippen LogP contribution in [0.5, 0.6) is 5.75 Å². The summed E-state index contributed by atoms with van der Waals surface area (Å²) in [4.78, 5) is 26.7.